The van der Waals surface area contributed by atoms with Gasteiger partial charge in [-0.25, -0.2) is 29.9 Å². The van der Waals surface area contributed by atoms with E-state index in [-0.39, 0.29) is 59.1 Å². The van der Waals surface area contributed by atoms with Crippen LogP contribution in [0.1, 0.15) is 259 Å². The van der Waals surface area contributed by atoms with Crippen molar-refractivity contribution in [2.75, 3.05) is 29.6 Å². The van der Waals surface area contributed by atoms with Crippen molar-refractivity contribution in [1.82, 2.24) is 77.6 Å². The minimum atomic E-state index is -0.195. The summed E-state index contributed by atoms with van der Waals surface area (Å²) in [5.74, 6) is 2.59. The average Bonchev–Trinajstić information content (AvgIpc) is 1.66. The number of rotatable bonds is 21. The van der Waals surface area contributed by atoms with Gasteiger partial charge in [0.05, 0.1) is 62.9 Å². The number of amides is 6. The number of hydrogen-bond donors (Lipinski definition) is 7. The van der Waals surface area contributed by atoms with E-state index in [1.165, 1.54) is 54.4 Å². The molecule has 135 heavy (non-hydrogen) atoms. The number of carbonyl (C=O) groups excluding carboxylic acids is 6. The van der Waals surface area contributed by atoms with Crippen LogP contribution in [0.15, 0.2) is 232 Å². The van der Waals surface area contributed by atoms with Crippen molar-refractivity contribution in [3.05, 3.63) is 339 Å². The fourth-order valence-electron chi connectivity index (χ4n) is 18.1. The molecule has 16 aromatic rings. The number of pyridine rings is 6. The zero-order chi connectivity index (χ0) is 95.0. The first-order chi connectivity index (χ1) is 65.4. The average molecular weight is 1810 g/mol. The van der Waals surface area contributed by atoms with E-state index in [1.807, 2.05) is 222 Å². The van der Waals surface area contributed by atoms with E-state index in [0.717, 1.165) is 151 Å². The number of carbonyl (C=O) groups is 6. The summed E-state index contributed by atoms with van der Waals surface area (Å²) in [5.41, 5.74) is 24.6. The number of anilines is 3. The van der Waals surface area contributed by atoms with Crippen molar-refractivity contribution in [2.24, 2.45) is 5.92 Å². The fourth-order valence-corrected chi connectivity index (χ4v) is 18.1. The Balaban J connectivity index is 0.000000123. The number of imidazole rings is 6. The molecule has 6 amide bonds. The number of ether oxygens (including phenoxy) is 1. The molecule has 12 heterocycles. The van der Waals surface area contributed by atoms with E-state index >= 15 is 0 Å². The van der Waals surface area contributed by atoms with E-state index in [2.05, 4.69) is 131 Å². The molecule has 4 aliphatic rings. The molecular formula is C109H121N19O7. The van der Waals surface area contributed by atoms with Gasteiger partial charge >= 0.3 is 0 Å². The van der Waals surface area contributed by atoms with Crippen molar-refractivity contribution in [3.63, 3.8) is 0 Å². The standard InChI is InChI=1S/C20H29N3O2.C19H19N3O.C18H17N3O.C18H19N3O.C17H24N4O.C17H13N3O/c1-3-4-5-14-25-17-9-7-16(8-10-17)22-20(24)18-11-6-15(2)23-13-12-21-19(18)23;1-13-9-10-16(18-20-11-12-22(13)18)19(23)21-17-8-4-6-14-5-2-3-7-15(14)17;1-12-5-8-16(17-19-9-10-21(12)17)18(22)20-15-7-6-13-3-2-4-14(13)11-15;1-3-16(14-7-5-4-6-8-14)20-18(22)15-10-9-13(2)21-12-11-19-17(15)21;1-10-9-21-11(2)14(18-5)8-13(15(21)19-10)16(22)20-17(3,4)12-6-7-12;1-3-13-5-7-14(8-6-13)19-17(21)15-9-4-12(2)20-11-10-18-16(15)20/h6,11-13,16-17H,3-5,7-10,14H2,1-2H3,(H,22,24);2-3,5,7,9-12,17H,4,6,8H2,1H3,(H,21,23);5-11H,2-4H2,1H3,(H,20,22);4-12,16H,3H2,1-2H3,(H,20,22);8-9,12,18H,6-7H2,1-5H3,(H,20,22);1,4-11H,2H3,(H,19,21). The Morgan fingerprint density at radius 3 is 1.46 bits per heavy atom. The summed E-state index contributed by atoms with van der Waals surface area (Å²) in [6, 6.07) is 52.9. The van der Waals surface area contributed by atoms with E-state index in [4.69, 9.17) is 11.2 Å². The van der Waals surface area contributed by atoms with Gasteiger partial charge in [-0.3, -0.25) is 28.8 Å². The van der Waals surface area contributed by atoms with Gasteiger partial charge in [0.1, 0.15) is 33.9 Å². The van der Waals surface area contributed by atoms with Gasteiger partial charge in [-0.1, -0.05) is 93.3 Å². The molecule has 7 N–H and O–H groups in total. The molecule has 12 aromatic heterocycles. The van der Waals surface area contributed by atoms with Crippen molar-refractivity contribution in [2.45, 2.75) is 209 Å². The van der Waals surface area contributed by atoms with Gasteiger partial charge in [0, 0.05) is 145 Å². The molecule has 26 nitrogen and oxygen atoms in total. The largest absolute Gasteiger partial charge is 0.387 e. The van der Waals surface area contributed by atoms with Gasteiger partial charge in [-0.2, -0.15) is 0 Å². The van der Waals surface area contributed by atoms with E-state index < -0.39 is 0 Å². The Bertz CT molecular complexity index is 6990. The highest BCUT2D eigenvalue weighted by molar-refractivity contribution is 6.09. The molecule has 694 valence electrons. The number of aryl methyl sites for hydroxylation is 10. The third-order valence-electron chi connectivity index (χ3n) is 26.0. The maximum absolute atomic E-state index is 12.8. The maximum atomic E-state index is 12.8. The molecule has 2 atom stereocenters. The Kier molecular flexibility index (Phi) is 30.4. The van der Waals surface area contributed by atoms with Crippen LogP contribution in [0.3, 0.4) is 0 Å². The predicted octanol–water partition coefficient (Wildman–Crippen LogP) is 20.0. The van der Waals surface area contributed by atoms with Crippen molar-refractivity contribution < 1.29 is 33.5 Å². The second-order valence-corrected chi connectivity index (χ2v) is 35.8. The molecule has 0 aliphatic heterocycles. The Morgan fingerprint density at radius 1 is 0.467 bits per heavy atom. The van der Waals surface area contributed by atoms with Crippen LogP contribution in [0.2, 0.25) is 0 Å². The monoisotopic (exact) mass is 1810 g/mol. The van der Waals surface area contributed by atoms with Crippen LogP contribution in [0.5, 0.6) is 0 Å². The highest BCUT2D eigenvalue weighted by Gasteiger charge is 2.40. The smallest absolute Gasteiger partial charge is 0.259 e. The van der Waals surface area contributed by atoms with E-state index in [0.29, 0.717) is 73.7 Å². The summed E-state index contributed by atoms with van der Waals surface area (Å²) in [4.78, 5) is 102. The normalized spacial score (nSPS) is 15.0. The zero-order valence-electron chi connectivity index (χ0n) is 79.1. The van der Waals surface area contributed by atoms with Crippen LogP contribution in [0.25, 0.3) is 33.9 Å². The molecule has 0 saturated heterocycles. The van der Waals surface area contributed by atoms with Crippen LogP contribution >= 0.6 is 0 Å². The second-order valence-electron chi connectivity index (χ2n) is 35.8. The number of aromatic nitrogens is 12. The van der Waals surface area contributed by atoms with Gasteiger partial charge in [0.15, 0.2) is 0 Å². The Morgan fingerprint density at radius 2 is 0.948 bits per heavy atom. The highest BCUT2D eigenvalue weighted by atomic mass is 16.5. The van der Waals surface area contributed by atoms with Gasteiger partial charge in [-0.15, -0.1) is 6.42 Å². The van der Waals surface area contributed by atoms with Gasteiger partial charge in [0.25, 0.3) is 35.4 Å². The zero-order valence-corrected chi connectivity index (χ0v) is 79.1. The molecule has 0 radical (unpaired) electrons. The van der Waals surface area contributed by atoms with Crippen molar-refractivity contribution >= 4 is 86.4 Å². The van der Waals surface area contributed by atoms with Crippen LogP contribution < -0.4 is 37.2 Å². The van der Waals surface area contributed by atoms with Crippen molar-refractivity contribution in [3.8, 4) is 12.3 Å². The SMILES string of the molecule is C#Cc1ccc(NC(=O)c2ccc(C)n3ccnc23)cc1.CCC(NC(=O)c1ccc(C)n2ccnc12)c1ccccc1.CCCCCOC1CCC(NC(=O)c2ccc(C)n3ccnc23)CC1.CNc1cc(C(=O)NC(C)(C)C2CC2)c2nc(C)cn2c1C.Cc1ccc(C(=O)NC2CCCc3ccccc32)c2nccn12.Cc1ccc(C(=O)Nc2ccc3c(c2)CCC3)c2nccn12. The van der Waals surface area contributed by atoms with Gasteiger partial charge < -0.3 is 68.4 Å². The Labute approximate surface area is 788 Å². The molecular weight excluding hydrogens is 1690 g/mol. The topological polar surface area (TPSA) is 300 Å². The number of benzene rings is 4. The van der Waals surface area contributed by atoms with Crippen LogP contribution in [-0.2, 0) is 24.0 Å². The molecule has 0 spiro atoms. The third-order valence-corrected chi connectivity index (χ3v) is 26.0. The molecule has 0 bridgehead atoms. The molecule has 2 fully saturated rings. The first-order valence-corrected chi connectivity index (χ1v) is 47.0. The summed E-state index contributed by atoms with van der Waals surface area (Å²) in [5, 5.41) is 21.7. The molecule has 4 aliphatic carbocycles. The lowest BCUT2D eigenvalue weighted by Crippen LogP contribution is -2.45. The van der Waals surface area contributed by atoms with Gasteiger partial charge in [0.2, 0.25) is 0 Å². The summed E-state index contributed by atoms with van der Waals surface area (Å²) >= 11 is 0. The minimum Gasteiger partial charge on any atom is -0.387 e. The first-order valence-electron chi connectivity index (χ1n) is 47.0. The maximum Gasteiger partial charge on any atom is 0.259 e. The number of unbranched alkanes of at least 4 members (excludes halogenated alkanes) is 2. The number of nitrogens with zero attached hydrogens (tertiary/aromatic N) is 12. The fraction of sp³-hybridized carbons (Fsp3) is 0.321. The number of terminal acetylenes is 1. The summed E-state index contributed by atoms with van der Waals surface area (Å²) in [7, 11) is 1.87. The predicted molar refractivity (Wildman–Crippen MR) is 532 cm³/mol. The highest BCUT2D eigenvalue weighted by Crippen LogP contribution is 2.40. The van der Waals surface area contributed by atoms with Crippen LogP contribution in [0.4, 0.5) is 17.1 Å². The molecule has 2 unspecified atom stereocenters. The lowest BCUT2D eigenvalue weighted by Gasteiger charge is -2.29. The second kappa shape index (κ2) is 43.2. The lowest BCUT2D eigenvalue weighted by molar-refractivity contribution is 0.0205. The van der Waals surface area contributed by atoms with E-state index in [1.54, 1.807) is 61.3 Å². The van der Waals surface area contributed by atoms with Crippen LogP contribution in [0, 0.1) is 66.7 Å². The molecule has 2 saturated carbocycles. The summed E-state index contributed by atoms with van der Waals surface area (Å²) in [6.45, 7) is 23.3. The van der Waals surface area contributed by atoms with Crippen molar-refractivity contribution in [1.29, 1.82) is 0 Å². The quantitative estimate of drug-likeness (QED) is 0.0260. The lowest BCUT2D eigenvalue weighted by atomic mass is 9.87. The van der Waals surface area contributed by atoms with Crippen LogP contribution in [-0.4, -0.2) is 123 Å². The number of nitrogens with one attached hydrogen (secondary N) is 7. The summed E-state index contributed by atoms with van der Waals surface area (Å²) < 4.78 is 17.6. The number of hydrogen-bond acceptors (Lipinski definition) is 14. The van der Waals surface area contributed by atoms with Gasteiger partial charge in [-0.05, 0) is 289 Å². The molecule has 26 heteroatoms. The summed E-state index contributed by atoms with van der Waals surface area (Å²) in [6.07, 6.45) is 43.1. The molecule has 20 rings (SSSR count). The number of fused-ring (bicyclic) bond motifs is 8. The van der Waals surface area contributed by atoms with E-state index in [9.17, 15) is 28.8 Å². The Hall–Kier alpha value is -14.8. The molecule has 4 aromatic carbocycles. The first kappa shape index (κ1) is 94.8. The third kappa shape index (κ3) is 22.4. The minimum absolute atomic E-state index is 0.00464.